The van der Waals surface area contributed by atoms with Gasteiger partial charge in [-0.05, 0) is 48.8 Å². The number of likely N-dealkylation sites (N-methyl/N-ethyl adjacent to an activating group) is 1. The largest absolute Gasteiger partial charge is 0.390 e. The van der Waals surface area contributed by atoms with Gasteiger partial charge in [0.25, 0.3) is 5.91 Å². The van der Waals surface area contributed by atoms with Crippen LogP contribution in [0, 0.1) is 11.8 Å². The summed E-state index contributed by atoms with van der Waals surface area (Å²) >= 11 is 0. The van der Waals surface area contributed by atoms with Crippen molar-refractivity contribution in [3.63, 3.8) is 0 Å². The van der Waals surface area contributed by atoms with Gasteiger partial charge in [-0.15, -0.1) is 0 Å². The van der Waals surface area contributed by atoms with Gasteiger partial charge >= 0.3 is 0 Å². The Morgan fingerprint density at radius 1 is 0.957 bits per heavy atom. The van der Waals surface area contributed by atoms with Crippen LogP contribution in [0.3, 0.4) is 0 Å². The van der Waals surface area contributed by atoms with Crippen molar-refractivity contribution in [3.05, 3.63) is 78.0 Å². The molecular weight excluding hydrogens is 584 g/mol. The van der Waals surface area contributed by atoms with Crippen molar-refractivity contribution in [1.29, 1.82) is 0 Å². The zero-order valence-electron chi connectivity index (χ0n) is 26.2. The molecule has 0 spiro atoms. The van der Waals surface area contributed by atoms with Gasteiger partial charge < -0.3 is 26.8 Å². The van der Waals surface area contributed by atoms with Crippen LogP contribution in [0.5, 0.6) is 0 Å². The number of nitrogens with zero attached hydrogens (tertiary/aromatic N) is 2. The highest BCUT2D eigenvalue weighted by atomic mass is 16.3. The highest BCUT2D eigenvalue weighted by Gasteiger charge is 2.41. The number of aromatic nitrogens is 1. The highest BCUT2D eigenvalue weighted by molar-refractivity contribution is 5.99. The number of likely N-dealkylation sites (tertiary alicyclic amines) is 1. The Labute approximate surface area is 269 Å². The molecule has 0 bridgehead atoms. The van der Waals surface area contributed by atoms with Crippen LogP contribution in [-0.2, 0) is 20.8 Å². The molecule has 11 nitrogen and oxygen atoms in total. The summed E-state index contributed by atoms with van der Waals surface area (Å²) in [4.78, 5) is 58.3. The van der Waals surface area contributed by atoms with Crippen LogP contribution in [0.2, 0.25) is 0 Å². The van der Waals surface area contributed by atoms with Gasteiger partial charge in [0.1, 0.15) is 11.7 Å². The number of β-amino-alcohol motifs (C(OH)–C–C–N with tert-alkyl or cyclic N) is 1. The molecule has 1 aliphatic carbocycles. The van der Waals surface area contributed by atoms with Crippen LogP contribution < -0.4 is 21.7 Å². The second-order valence-electron chi connectivity index (χ2n) is 12.6. The van der Waals surface area contributed by atoms with Gasteiger partial charge in [-0.2, -0.15) is 0 Å². The molecule has 1 aromatic heterocycles. The lowest BCUT2D eigenvalue weighted by Gasteiger charge is -2.46. The minimum absolute atomic E-state index is 0.0774. The summed E-state index contributed by atoms with van der Waals surface area (Å²) in [7, 11) is 1.63. The summed E-state index contributed by atoms with van der Waals surface area (Å²) in [5.41, 5.74) is 7.08. The molecule has 1 saturated heterocycles. The van der Waals surface area contributed by atoms with Crippen molar-refractivity contribution < 1.29 is 24.3 Å². The Kier molecular flexibility index (Phi) is 11.0. The zero-order valence-corrected chi connectivity index (χ0v) is 26.2. The fourth-order valence-corrected chi connectivity index (χ4v) is 6.98. The lowest BCUT2D eigenvalue weighted by Crippen LogP contribution is -2.59. The molecule has 1 aliphatic heterocycles. The van der Waals surface area contributed by atoms with Gasteiger partial charge in [0.05, 0.1) is 30.1 Å². The third-order valence-electron chi connectivity index (χ3n) is 9.42. The predicted octanol–water partition coefficient (Wildman–Crippen LogP) is 1.92. The maximum absolute atomic E-state index is 13.7. The number of nitrogens with one attached hydrogen (secondary N) is 3. The van der Waals surface area contributed by atoms with Gasteiger partial charge in [-0.3, -0.25) is 24.1 Å². The predicted molar refractivity (Wildman–Crippen MR) is 174 cm³/mol. The summed E-state index contributed by atoms with van der Waals surface area (Å²) in [5, 5.41) is 20.9. The number of pyridine rings is 1. The van der Waals surface area contributed by atoms with E-state index in [0.29, 0.717) is 30.3 Å². The first-order chi connectivity index (χ1) is 22.2. The lowest BCUT2D eigenvalue weighted by atomic mass is 9.72. The molecule has 4 amide bonds. The van der Waals surface area contributed by atoms with E-state index in [9.17, 15) is 24.3 Å². The van der Waals surface area contributed by atoms with Crippen molar-refractivity contribution in [2.75, 3.05) is 20.1 Å². The number of piperidine rings is 1. The molecule has 46 heavy (non-hydrogen) atoms. The second kappa shape index (κ2) is 15.3. The minimum Gasteiger partial charge on any atom is -0.390 e. The fraction of sp³-hybridized carbons (Fsp3) is 0.457. The molecule has 2 heterocycles. The van der Waals surface area contributed by atoms with Crippen molar-refractivity contribution in [2.45, 2.75) is 69.2 Å². The molecule has 1 saturated carbocycles. The molecule has 244 valence electrons. The first-order valence-corrected chi connectivity index (χ1v) is 16.1. The fourth-order valence-electron chi connectivity index (χ4n) is 6.98. The van der Waals surface area contributed by atoms with Crippen LogP contribution in [0.15, 0.2) is 66.7 Å². The average molecular weight is 629 g/mol. The number of carbonyl (C=O) groups excluding carboxylic acids is 4. The third-order valence-corrected chi connectivity index (χ3v) is 9.42. The van der Waals surface area contributed by atoms with E-state index in [4.69, 9.17) is 5.73 Å². The Balaban J connectivity index is 1.34. The molecule has 2 aliphatic rings. The van der Waals surface area contributed by atoms with E-state index in [0.717, 1.165) is 36.6 Å². The molecule has 0 unspecified atom stereocenters. The van der Waals surface area contributed by atoms with Crippen LogP contribution in [0.25, 0.3) is 10.9 Å². The number of nitrogens with two attached hydrogens (primary N) is 1. The zero-order chi connectivity index (χ0) is 32.6. The first-order valence-electron chi connectivity index (χ1n) is 16.1. The lowest BCUT2D eigenvalue weighted by molar-refractivity contribution is -0.131. The number of aliphatic hydroxyl groups is 1. The smallest absolute Gasteiger partial charge is 0.270 e. The summed E-state index contributed by atoms with van der Waals surface area (Å²) in [6, 6.07) is 17.6. The van der Waals surface area contributed by atoms with Gasteiger partial charge in [0.2, 0.25) is 17.7 Å². The summed E-state index contributed by atoms with van der Waals surface area (Å²) in [5.74, 6) is -1.18. The van der Waals surface area contributed by atoms with Crippen molar-refractivity contribution in [1.82, 2.24) is 25.8 Å². The Morgan fingerprint density at radius 3 is 2.41 bits per heavy atom. The van der Waals surface area contributed by atoms with E-state index in [1.165, 1.54) is 6.42 Å². The van der Waals surface area contributed by atoms with E-state index in [2.05, 4.69) is 20.9 Å². The highest BCUT2D eigenvalue weighted by Crippen LogP contribution is 2.38. The normalized spacial score (nSPS) is 21.7. The third kappa shape index (κ3) is 8.27. The molecule has 0 radical (unpaired) electrons. The van der Waals surface area contributed by atoms with E-state index in [-0.39, 0.29) is 24.2 Å². The Hall–Kier alpha value is -4.35. The molecule has 5 rings (SSSR count). The van der Waals surface area contributed by atoms with Crippen LogP contribution in [-0.4, -0.2) is 83.0 Å². The van der Waals surface area contributed by atoms with E-state index in [1.54, 1.807) is 25.2 Å². The summed E-state index contributed by atoms with van der Waals surface area (Å²) in [6.07, 6.45) is 4.10. The summed E-state index contributed by atoms with van der Waals surface area (Å²) in [6.45, 7) is 0.873. The average Bonchev–Trinajstić information content (AvgIpc) is 3.06. The Bertz CT molecular complexity index is 1530. The number of fused-ring (bicyclic) bond motifs is 2. The topological polar surface area (TPSA) is 167 Å². The van der Waals surface area contributed by atoms with Crippen LogP contribution >= 0.6 is 0 Å². The maximum Gasteiger partial charge on any atom is 0.270 e. The number of rotatable bonds is 12. The van der Waals surface area contributed by atoms with Crippen molar-refractivity contribution in [3.8, 4) is 0 Å². The molecular formula is C35H44N6O5. The minimum atomic E-state index is -1.29. The summed E-state index contributed by atoms with van der Waals surface area (Å²) < 4.78 is 0. The number of carbonyl (C=O) groups is 4. The quantitative estimate of drug-likeness (QED) is 0.204. The molecule has 2 fully saturated rings. The number of aliphatic hydroxyl groups excluding tert-OH is 1. The van der Waals surface area contributed by atoms with Crippen molar-refractivity contribution >= 4 is 34.5 Å². The van der Waals surface area contributed by atoms with E-state index >= 15 is 0 Å². The van der Waals surface area contributed by atoms with Crippen molar-refractivity contribution in [2.24, 2.45) is 17.6 Å². The standard InChI is InChI=1S/C35H44N6O5/c1-37-35(46)30-18-24-12-5-6-13-25(24)20-41(30)21-31(42)28(17-22-9-3-2-4-10-22)39-34(45)29(19-32(36)43)40-33(44)27-16-15-23-11-7-8-14-26(23)38-27/h2-4,7-11,14-16,24-25,28-31,42H,5-6,12-13,17-21H2,1H3,(H2,36,43)(H,37,46)(H,39,45)(H,40,44)/t24-,25+,28-,29-,30-,31+/m0/s1. The maximum atomic E-state index is 13.7. The van der Waals surface area contributed by atoms with E-state index < -0.39 is 42.3 Å². The number of primary amides is 1. The number of amides is 4. The van der Waals surface area contributed by atoms with Crippen LogP contribution in [0.1, 0.15) is 54.6 Å². The van der Waals surface area contributed by atoms with E-state index in [1.807, 2.05) is 53.4 Å². The number of hydrogen-bond donors (Lipinski definition) is 5. The molecule has 3 aromatic rings. The number of benzene rings is 2. The monoisotopic (exact) mass is 628 g/mol. The number of hydrogen-bond acceptors (Lipinski definition) is 7. The molecule has 6 atom stereocenters. The number of para-hydroxylation sites is 1. The van der Waals surface area contributed by atoms with Gasteiger partial charge in [0, 0.05) is 25.5 Å². The second-order valence-corrected chi connectivity index (χ2v) is 12.6. The van der Waals surface area contributed by atoms with Crippen LogP contribution in [0.4, 0.5) is 0 Å². The Morgan fingerprint density at radius 2 is 1.67 bits per heavy atom. The molecule has 2 aromatic carbocycles. The van der Waals surface area contributed by atoms with Gasteiger partial charge in [-0.25, -0.2) is 4.98 Å². The van der Waals surface area contributed by atoms with Gasteiger partial charge in [-0.1, -0.05) is 73.9 Å². The SMILES string of the molecule is CNC(=O)[C@@H]1C[C@@H]2CCCC[C@@H]2CN1C[C@@H](O)[C@H](Cc1ccccc1)NC(=O)[C@H](CC(N)=O)NC(=O)c1ccc2ccccc2n1. The molecule has 11 heteroatoms. The van der Waals surface area contributed by atoms with Gasteiger partial charge in [0.15, 0.2) is 0 Å². The molecule has 6 N–H and O–H groups in total. The first kappa shape index (κ1) is 33.0.